The molecule has 3 nitrogen and oxygen atoms in total. The van der Waals surface area contributed by atoms with Gasteiger partial charge in [-0.25, -0.2) is 4.39 Å². The van der Waals surface area contributed by atoms with E-state index in [1.165, 1.54) is 12.1 Å². The summed E-state index contributed by atoms with van der Waals surface area (Å²) in [6.07, 6.45) is 1.67. The Morgan fingerprint density at radius 3 is 2.05 bits per heavy atom. The first-order valence-electron chi connectivity index (χ1n) is 6.03. The van der Waals surface area contributed by atoms with Crippen molar-refractivity contribution in [1.82, 2.24) is 0 Å². The maximum absolute atomic E-state index is 12.9. The lowest BCUT2D eigenvalue weighted by molar-refractivity contribution is 0.628. The molecule has 5 heteroatoms. The maximum Gasteiger partial charge on any atom is 0.123 e. The number of hydrogen-bond acceptors (Lipinski definition) is 3. The van der Waals surface area contributed by atoms with E-state index in [2.05, 4.69) is 5.10 Å². The molecule has 0 aliphatic rings. The standard InChI is InChI=1S/C15H15FN2OS/c1-20(19)10-11-2-4-12(5-3-11)15(18-17)13-6-8-14(16)9-7-13/h2-9H,10,17H2,1H3. The van der Waals surface area contributed by atoms with E-state index >= 15 is 0 Å². The molecule has 2 aromatic carbocycles. The summed E-state index contributed by atoms with van der Waals surface area (Å²) in [5.74, 6) is 5.66. The number of rotatable bonds is 4. The van der Waals surface area contributed by atoms with Crippen LogP contribution in [0, 0.1) is 5.82 Å². The third kappa shape index (κ3) is 3.51. The average Bonchev–Trinajstić information content (AvgIpc) is 2.43. The highest BCUT2D eigenvalue weighted by Crippen LogP contribution is 2.13. The first kappa shape index (κ1) is 14.4. The van der Waals surface area contributed by atoms with E-state index < -0.39 is 10.8 Å². The Hall–Kier alpha value is -2.01. The monoisotopic (exact) mass is 290 g/mol. The van der Waals surface area contributed by atoms with Crippen molar-refractivity contribution in [3.05, 3.63) is 71.0 Å². The van der Waals surface area contributed by atoms with Gasteiger partial charge in [0, 0.05) is 33.9 Å². The fourth-order valence-electron chi connectivity index (χ4n) is 1.92. The molecule has 2 N–H and O–H groups in total. The average molecular weight is 290 g/mol. The Morgan fingerprint density at radius 2 is 1.60 bits per heavy atom. The lowest BCUT2D eigenvalue weighted by atomic mass is 10.0. The van der Waals surface area contributed by atoms with Crippen molar-refractivity contribution in [3.8, 4) is 0 Å². The number of hydrazone groups is 1. The minimum atomic E-state index is -0.871. The Morgan fingerprint density at radius 1 is 1.10 bits per heavy atom. The van der Waals surface area contributed by atoms with Gasteiger partial charge in [-0.05, 0) is 29.8 Å². The second-order valence-corrected chi connectivity index (χ2v) is 5.83. The number of hydrogen-bond donors (Lipinski definition) is 1. The second kappa shape index (κ2) is 6.43. The molecule has 0 bridgehead atoms. The molecule has 1 unspecified atom stereocenters. The summed E-state index contributed by atoms with van der Waals surface area (Å²) in [6.45, 7) is 0. The van der Waals surface area contributed by atoms with Crippen molar-refractivity contribution in [2.24, 2.45) is 10.9 Å². The van der Waals surface area contributed by atoms with Gasteiger partial charge in [0.25, 0.3) is 0 Å². The molecule has 0 saturated carbocycles. The fourth-order valence-corrected chi connectivity index (χ4v) is 2.58. The molecule has 0 spiro atoms. The molecule has 0 amide bonds. The molecular weight excluding hydrogens is 275 g/mol. The highest BCUT2D eigenvalue weighted by molar-refractivity contribution is 7.83. The molecule has 0 saturated heterocycles. The number of benzene rings is 2. The molecule has 0 aliphatic heterocycles. The molecule has 0 heterocycles. The summed E-state index contributed by atoms with van der Waals surface area (Å²) < 4.78 is 24.1. The van der Waals surface area contributed by atoms with Crippen LogP contribution in [0.25, 0.3) is 0 Å². The van der Waals surface area contributed by atoms with Crippen LogP contribution < -0.4 is 5.84 Å². The van der Waals surface area contributed by atoms with Crippen LogP contribution in [0.15, 0.2) is 53.6 Å². The Kier molecular flexibility index (Phi) is 4.63. The van der Waals surface area contributed by atoms with Gasteiger partial charge in [0.15, 0.2) is 0 Å². The molecular formula is C15H15FN2OS. The van der Waals surface area contributed by atoms with Crippen LogP contribution in [0.4, 0.5) is 4.39 Å². The van der Waals surface area contributed by atoms with Gasteiger partial charge in [-0.2, -0.15) is 5.10 Å². The molecule has 2 aromatic rings. The van der Waals surface area contributed by atoms with E-state index in [0.29, 0.717) is 11.5 Å². The van der Waals surface area contributed by atoms with E-state index in [4.69, 9.17) is 5.84 Å². The first-order valence-corrected chi connectivity index (χ1v) is 7.76. The van der Waals surface area contributed by atoms with E-state index in [-0.39, 0.29) is 5.82 Å². The quantitative estimate of drug-likeness (QED) is 0.534. The van der Waals surface area contributed by atoms with Crippen molar-refractivity contribution in [2.45, 2.75) is 5.75 Å². The van der Waals surface area contributed by atoms with Crippen molar-refractivity contribution in [3.63, 3.8) is 0 Å². The fraction of sp³-hybridized carbons (Fsp3) is 0.133. The van der Waals surface area contributed by atoms with Gasteiger partial charge in [0.1, 0.15) is 5.82 Å². The highest BCUT2D eigenvalue weighted by atomic mass is 32.2. The summed E-state index contributed by atoms with van der Waals surface area (Å²) >= 11 is 0. The molecule has 104 valence electrons. The molecule has 2 rings (SSSR count). The van der Waals surface area contributed by atoms with Crippen molar-refractivity contribution in [2.75, 3.05) is 6.26 Å². The number of nitrogens with two attached hydrogens (primary N) is 1. The Balaban J connectivity index is 2.28. The largest absolute Gasteiger partial charge is 0.323 e. The van der Waals surface area contributed by atoms with Gasteiger partial charge >= 0.3 is 0 Å². The van der Waals surface area contributed by atoms with Gasteiger partial charge in [0.2, 0.25) is 0 Å². The Labute approximate surface area is 119 Å². The van der Waals surface area contributed by atoms with Crippen molar-refractivity contribution in [1.29, 1.82) is 0 Å². The molecule has 0 radical (unpaired) electrons. The zero-order valence-electron chi connectivity index (χ0n) is 11.0. The first-order chi connectivity index (χ1) is 9.60. The topological polar surface area (TPSA) is 55.5 Å². The lowest BCUT2D eigenvalue weighted by Crippen LogP contribution is -2.06. The predicted molar refractivity (Wildman–Crippen MR) is 80.4 cm³/mol. The Bertz CT molecular complexity index is 636. The van der Waals surface area contributed by atoms with Gasteiger partial charge < -0.3 is 5.84 Å². The van der Waals surface area contributed by atoms with Crippen LogP contribution in [-0.4, -0.2) is 16.2 Å². The van der Waals surface area contributed by atoms with Crippen molar-refractivity contribution >= 4 is 16.5 Å². The highest BCUT2D eigenvalue weighted by Gasteiger charge is 2.07. The third-order valence-electron chi connectivity index (χ3n) is 2.84. The van der Waals surface area contributed by atoms with Crippen molar-refractivity contribution < 1.29 is 8.60 Å². The van der Waals surface area contributed by atoms with Gasteiger partial charge in [0.05, 0.1) is 5.71 Å². The summed E-state index contributed by atoms with van der Waals surface area (Å²) in [5, 5.41) is 3.78. The van der Waals surface area contributed by atoms with E-state index in [1.54, 1.807) is 18.4 Å². The van der Waals surface area contributed by atoms with Crippen LogP contribution in [0.5, 0.6) is 0 Å². The zero-order valence-corrected chi connectivity index (χ0v) is 11.9. The minimum Gasteiger partial charge on any atom is -0.323 e. The molecule has 20 heavy (non-hydrogen) atoms. The van der Waals surface area contributed by atoms with Gasteiger partial charge in [-0.15, -0.1) is 0 Å². The molecule has 1 atom stereocenters. The van der Waals surface area contributed by atoms with Crippen LogP contribution >= 0.6 is 0 Å². The van der Waals surface area contributed by atoms with Crippen LogP contribution in [0.1, 0.15) is 16.7 Å². The van der Waals surface area contributed by atoms with E-state index in [9.17, 15) is 8.60 Å². The second-order valence-electron chi connectivity index (χ2n) is 4.40. The molecule has 0 aromatic heterocycles. The SMILES string of the molecule is CS(=O)Cc1ccc(C(=NN)c2ccc(F)cc2)cc1. The smallest absolute Gasteiger partial charge is 0.123 e. The normalized spacial score (nSPS) is 13.2. The minimum absolute atomic E-state index is 0.300. The van der Waals surface area contributed by atoms with Gasteiger partial charge in [-0.1, -0.05) is 24.3 Å². The molecule has 0 aliphatic carbocycles. The lowest BCUT2D eigenvalue weighted by Gasteiger charge is -2.07. The van der Waals surface area contributed by atoms with E-state index in [1.807, 2.05) is 24.3 Å². The number of halogens is 1. The number of nitrogens with zero attached hydrogens (tertiary/aromatic N) is 1. The zero-order chi connectivity index (χ0) is 14.5. The van der Waals surface area contributed by atoms with Crippen LogP contribution in [-0.2, 0) is 16.6 Å². The maximum atomic E-state index is 12.9. The van der Waals surface area contributed by atoms with Gasteiger partial charge in [-0.3, -0.25) is 4.21 Å². The summed E-state index contributed by atoms with van der Waals surface area (Å²) in [6, 6.07) is 13.5. The van der Waals surface area contributed by atoms with Crippen LogP contribution in [0.2, 0.25) is 0 Å². The predicted octanol–water partition coefficient (Wildman–Crippen LogP) is 2.42. The van der Waals surface area contributed by atoms with Crippen LogP contribution in [0.3, 0.4) is 0 Å². The third-order valence-corrected chi connectivity index (χ3v) is 3.58. The summed E-state index contributed by atoms with van der Waals surface area (Å²) in [5.41, 5.74) is 3.17. The van der Waals surface area contributed by atoms with E-state index in [0.717, 1.165) is 16.7 Å². The molecule has 0 fully saturated rings. The summed E-state index contributed by atoms with van der Waals surface area (Å²) in [4.78, 5) is 0. The summed E-state index contributed by atoms with van der Waals surface area (Å²) in [7, 11) is -0.871.